The van der Waals surface area contributed by atoms with Crippen LogP contribution in [0, 0.1) is 0 Å². The summed E-state index contributed by atoms with van der Waals surface area (Å²) in [5.41, 5.74) is 1.32. The molecule has 0 radical (unpaired) electrons. The Kier molecular flexibility index (Phi) is 9.84. The molecule has 22 heavy (non-hydrogen) atoms. The first kappa shape index (κ1) is 18.3. The first-order valence-electron chi connectivity index (χ1n) is 8.27. The summed E-state index contributed by atoms with van der Waals surface area (Å²) in [4.78, 5) is 10.9. The number of hydrogen-bond donors (Lipinski definition) is 0. The van der Waals surface area contributed by atoms with Crippen LogP contribution in [0.1, 0.15) is 57.4 Å². The van der Waals surface area contributed by atoms with Crippen LogP contribution in [-0.4, -0.2) is 12.8 Å². The van der Waals surface area contributed by atoms with Gasteiger partial charge in [-0.1, -0.05) is 64.2 Å². The summed E-state index contributed by atoms with van der Waals surface area (Å²) in [5.74, 6) is 0.232. The van der Waals surface area contributed by atoms with Crippen molar-refractivity contribution in [3.8, 4) is 5.75 Å². The van der Waals surface area contributed by atoms with Crippen molar-refractivity contribution in [1.29, 1.82) is 0 Å². The molecule has 1 rings (SSSR count). The zero-order chi connectivity index (χ0) is 16.0. The summed E-state index contributed by atoms with van der Waals surface area (Å²) in [5, 5.41) is 0. The number of esters is 1. The summed E-state index contributed by atoms with van der Waals surface area (Å²) in [6, 6.07) is 7.97. The predicted octanol–water partition coefficient (Wildman–Crippen LogP) is 5.05. The third-order valence-corrected chi connectivity index (χ3v) is 3.59. The molecule has 1 aromatic carbocycles. The van der Waals surface area contributed by atoms with Gasteiger partial charge in [0.1, 0.15) is 5.75 Å². The van der Waals surface area contributed by atoms with Crippen molar-refractivity contribution in [2.75, 3.05) is 6.79 Å². The molecule has 0 heterocycles. The number of unbranched alkanes of at least 4 members (excludes halogenated alkanes) is 6. The van der Waals surface area contributed by atoms with Gasteiger partial charge < -0.3 is 9.47 Å². The maximum absolute atomic E-state index is 10.9. The lowest BCUT2D eigenvalue weighted by atomic mass is 10.0. The summed E-state index contributed by atoms with van der Waals surface area (Å²) in [6.07, 6.45) is 11.5. The number of hydrogen-bond acceptors (Lipinski definition) is 3. The normalized spacial score (nSPS) is 10.2. The third-order valence-electron chi connectivity index (χ3n) is 3.59. The molecule has 0 amide bonds. The predicted molar refractivity (Wildman–Crippen MR) is 89.9 cm³/mol. The topological polar surface area (TPSA) is 35.5 Å². The molecule has 3 nitrogen and oxygen atoms in total. The van der Waals surface area contributed by atoms with E-state index in [4.69, 9.17) is 9.47 Å². The summed E-state index contributed by atoms with van der Waals surface area (Å²) in [7, 11) is 0. The van der Waals surface area contributed by atoms with Crippen molar-refractivity contribution in [2.45, 2.75) is 58.3 Å². The molecule has 0 N–H and O–H groups in total. The standard InChI is InChI=1S/C19H28O3/c1-3-5-6-7-8-9-10-11-17-12-14-18(15-13-17)21-16-22-19(20)4-2/h4,12-15H,2-3,5-11,16H2,1H3. The zero-order valence-corrected chi connectivity index (χ0v) is 13.7. The fraction of sp³-hybridized carbons (Fsp3) is 0.526. The first-order valence-corrected chi connectivity index (χ1v) is 8.27. The molecule has 0 atom stereocenters. The Bertz CT molecular complexity index is 423. The molecule has 3 heteroatoms. The molecule has 0 aromatic heterocycles. The SMILES string of the molecule is C=CC(=O)OCOc1ccc(CCCCCCCCC)cc1. The molecule has 0 spiro atoms. The molecule has 0 aliphatic rings. The van der Waals surface area contributed by atoms with E-state index in [2.05, 4.69) is 25.6 Å². The van der Waals surface area contributed by atoms with Gasteiger partial charge in [-0.25, -0.2) is 4.79 Å². The van der Waals surface area contributed by atoms with E-state index in [0.717, 1.165) is 12.5 Å². The minimum Gasteiger partial charge on any atom is -0.457 e. The van der Waals surface area contributed by atoms with Crippen LogP contribution in [0.15, 0.2) is 36.9 Å². The van der Waals surface area contributed by atoms with Gasteiger partial charge in [0, 0.05) is 6.08 Å². The molecule has 0 aliphatic carbocycles. The molecule has 0 fully saturated rings. The Hall–Kier alpha value is -1.77. The van der Waals surface area contributed by atoms with Gasteiger partial charge in [0.2, 0.25) is 6.79 Å². The van der Waals surface area contributed by atoms with E-state index < -0.39 is 5.97 Å². The Morgan fingerprint density at radius 1 is 1.05 bits per heavy atom. The van der Waals surface area contributed by atoms with Gasteiger partial charge >= 0.3 is 5.97 Å². The van der Waals surface area contributed by atoms with Crippen LogP contribution in [0.2, 0.25) is 0 Å². The van der Waals surface area contributed by atoms with Crippen molar-refractivity contribution in [3.63, 3.8) is 0 Å². The van der Waals surface area contributed by atoms with Crippen molar-refractivity contribution >= 4 is 5.97 Å². The van der Waals surface area contributed by atoms with E-state index in [1.807, 2.05) is 12.1 Å². The Balaban J connectivity index is 2.13. The number of rotatable bonds is 12. The van der Waals surface area contributed by atoms with Gasteiger partial charge in [-0.05, 0) is 30.5 Å². The Morgan fingerprint density at radius 3 is 2.32 bits per heavy atom. The van der Waals surface area contributed by atoms with Crippen molar-refractivity contribution in [1.82, 2.24) is 0 Å². The number of ether oxygens (including phenoxy) is 2. The van der Waals surface area contributed by atoms with Crippen LogP contribution in [0.5, 0.6) is 5.75 Å². The number of aryl methyl sites for hydroxylation is 1. The number of carbonyl (C=O) groups excluding carboxylic acids is 1. The lowest BCUT2D eigenvalue weighted by molar-refractivity contribution is -0.144. The van der Waals surface area contributed by atoms with Crippen LogP contribution < -0.4 is 4.74 Å². The second kappa shape index (κ2) is 11.8. The molecule has 0 saturated carbocycles. The van der Waals surface area contributed by atoms with Crippen LogP contribution >= 0.6 is 0 Å². The Labute approximate surface area is 134 Å². The van der Waals surface area contributed by atoms with Gasteiger partial charge in [-0.2, -0.15) is 0 Å². The van der Waals surface area contributed by atoms with Crippen LogP contribution in [0.3, 0.4) is 0 Å². The quantitative estimate of drug-likeness (QED) is 0.235. The van der Waals surface area contributed by atoms with Gasteiger partial charge in [0.15, 0.2) is 0 Å². The maximum atomic E-state index is 10.9. The van der Waals surface area contributed by atoms with Crippen molar-refractivity contribution in [2.24, 2.45) is 0 Å². The van der Waals surface area contributed by atoms with E-state index in [0.29, 0.717) is 5.75 Å². The first-order chi connectivity index (χ1) is 10.8. The van der Waals surface area contributed by atoms with Gasteiger partial charge in [0.05, 0.1) is 0 Å². The van der Waals surface area contributed by atoms with E-state index in [9.17, 15) is 4.79 Å². The second-order valence-electron chi connectivity index (χ2n) is 5.44. The zero-order valence-electron chi connectivity index (χ0n) is 13.7. The van der Waals surface area contributed by atoms with E-state index >= 15 is 0 Å². The van der Waals surface area contributed by atoms with Gasteiger partial charge in [-0.3, -0.25) is 0 Å². The van der Waals surface area contributed by atoms with Gasteiger partial charge in [0.25, 0.3) is 0 Å². The average molecular weight is 304 g/mol. The van der Waals surface area contributed by atoms with Crippen molar-refractivity contribution < 1.29 is 14.3 Å². The molecule has 0 saturated heterocycles. The van der Waals surface area contributed by atoms with Gasteiger partial charge in [-0.15, -0.1) is 0 Å². The highest BCUT2D eigenvalue weighted by Gasteiger charge is 1.99. The highest BCUT2D eigenvalue weighted by atomic mass is 16.7. The molecule has 0 unspecified atom stereocenters. The van der Waals surface area contributed by atoms with E-state index in [1.165, 1.54) is 50.5 Å². The number of benzene rings is 1. The monoisotopic (exact) mass is 304 g/mol. The molecule has 0 bridgehead atoms. The van der Waals surface area contributed by atoms with Crippen LogP contribution in [0.25, 0.3) is 0 Å². The summed E-state index contributed by atoms with van der Waals surface area (Å²) in [6.45, 7) is 5.49. The highest BCUT2D eigenvalue weighted by molar-refractivity contribution is 5.81. The summed E-state index contributed by atoms with van der Waals surface area (Å²) >= 11 is 0. The molecule has 122 valence electrons. The average Bonchev–Trinajstić information content (AvgIpc) is 2.55. The fourth-order valence-electron chi connectivity index (χ4n) is 2.25. The largest absolute Gasteiger partial charge is 0.457 e. The molecule has 1 aromatic rings. The second-order valence-corrected chi connectivity index (χ2v) is 5.44. The highest BCUT2D eigenvalue weighted by Crippen LogP contribution is 2.15. The molecule has 0 aliphatic heterocycles. The smallest absolute Gasteiger partial charge is 0.333 e. The third kappa shape index (κ3) is 8.50. The maximum Gasteiger partial charge on any atom is 0.333 e. The minimum atomic E-state index is -0.476. The number of carbonyl (C=O) groups is 1. The van der Waals surface area contributed by atoms with E-state index in [-0.39, 0.29) is 6.79 Å². The van der Waals surface area contributed by atoms with E-state index in [1.54, 1.807) is 0 Å². The minimum absolute atomic E-state index is 0.0814. The summed E-state index contributed by atoms with van der Waals surface area (Å²) < 4.78 is 10.1. The van der Waals surface area contributed by atoms with Crippen LogP contribution in [-0.2, 0) is 16.0 Å². The lowest BCUT2D eigenvalue weighted by Crippen LogP contribution is -2.07. The Morgan fingerprint density at radius 2 is 1.68 bits per heavy atom. The van der Waals surface area contributed by atoms with Crippen molar-refractivity contribution in [3.05, 3.63) is 42.5 Å². The fourth-order valence-corrected chi connectivity index (χ4v) is 2.25. The molecular formula is C19H28O3. The lowest BCUT2D eigenvalue weighted by Gasteiger charge is -2.07. The van der Waals surface area contributed by atoms with Crippen LogP contribution in [0.4, 0.5) is 0 Å². The molecular weight excluding hydrogens is 276 g/mol.